The second-order valence-corrected chi connectivity index (χ2v) is 7.91. The van der Waals surface area contributed by atoms with Crippen LogP contribution in [0.25, 0.3) is 0 Å². The Morgan fingerprint density at radius 3 is 2.61 bits per heavy atom. The molecule has 0 aromatic heterocycles. The van der Waals surface area contributed by atoms with Crippen LogP contribution in [0.4, 0.5) is 5.69 Å². The zero-order valence-corrected chi connectivity index (χ0v) is 18.5. The Hall–Kier alpha value is -2.90. The SMILES string of the molecule is CC(=O)NCc1ccc(C(=O)NC(=NC[C@@H]2CCCO2)Nc2ccc(Cl)cc2C)cc1. The van der Waals surface area contributed by atoms with E-state index >= 15 is 0 Å². The molecule has 0 spiro atoms. The van der Waals surface area contributed by atoms with Crippen LogP contribution in [0.2, 0.25) is 5.02 Å². The van der Waals surface area contributed by atoms with Crippen molar-refractivity contribution in [1.29, 1.82) is 0 Å². The van der Waals surface area contributed by atoms with Gasteiger partial charge in [-0.2, -0.15) is 0 Å². The predicted octanol–water partition coefficient (Wildman–Crippen LogP) is 3.66. The minimum atomic E-state index is -0.281. The molecule has 0 saturated carbocycles. The molecule has 7 nitrogen and oxygen atoms in total. The largest absolute Gasteiger partial charge is 0.376 e. The third-order valence-electron chi connectivity index (χ3n) is 4.91. The number of guanidine groups is 1. The summed E-state index contributed by atoms with van der Waals surface area (Å²) in [6.45, 7) is 5.03. The van der Waals surface area contributed by atoms with Crippen molar-refractivity contribution in [2.45, 2.75) is 39.3 Å². The lowest BCUT2D eigenvalue weighted by molar-refractivity contribution is -0.119. The summed E-state index contributed by atoms with van der Waals surface area (Å²) < 4.78 is 5.64. The Kier molecular flexibility index (Phi) is 8.03. The van der Waals surface area contributed by atoms with Crippen LogP contribution in [0.1, 0.15) is 41.3 Å². The summed E-state index contributed by atoms with van der Waals surface area (Å²) in [7, 11) is 0. The number of benzene rings is 2. The highest BCUT2D eigenvalue weighted by Gasteiger charge is 2.16. The maximum Gasteiger partial charge on any atom is 0.257 e. The fourth-order valence-electron chi connectivity index (χ4n) is 3.17. The first-order chi connectivity index (χ1) is 14.9. The van der Waals surface area contributed by atoms with Crippen LogP contribution >= 0.6 is 11.6 Å². The Bertz CT molecular complexity index is 954. The molecule has 164 valence electrons. The molecule has 2 amide bonds. The number of carbonyl (C=O) groups excluding carboxylic acids is 2. The van der Waals surface area contributed by atoms with Crippen LogP contribution < -0.4 is 16.0 Å². The fraction of sp³-hybridized carbons (Fsp3) is 0.348. The number of nitrogens with one attached hydrogen (secondary N) is 3. The van der Waals surface area contributed by atoms with Gasteiger partial charge in [-0.25, -0.2) is 4.99 Å². The Morgan fingerprint density at radius 1 is 1.19 bits per heavy atom. The van der Waals surface area contributed by atoms with Crippen LogP contribution in [0.5, 0.6) is 0 Å². The number of aliphatic imine (C=N–C) groups is 1. The van der Waals surface area contributed by atoms with Gasteiger partial charge in [0.2, 0.25) is 11.9 Å². The van der Waals surface area contributed by atoms with Gasteiger partial charge < -0.3 is 15.4 Å². The molecule has 1 saturated heterocycles. The molecule has 31 heavy (non-hydrogen) atoms. The fourth-order valence-corrected chi connectivity index (χ4v) is 3.39. The van der Waals surface area contributed by atoms with Gasteiger partial charge in [-0.3, -0.25) is 14.9 Å². The number of ether oxygens (including phenoxy) is 1. The van der Waals surface area contributed by atoms with Gasteiger partial charge in [0.15, 0.2) is 0 Å². The molecule has 3 rings (SSSR count). The minimum absolute atomic E-state index is 0.0630. The molecule has 1 aliphatic rings. The van der Waals surface area contributed by atoms with Crippen molar-refractivity contribution in [3.8, 4) is 0 Å². The van der Waals surface area contributed by atoms with E-state index in [1.165, 1.54) is 6.92 Å². The molecule has 2 aromatic rings. The molecular weight excluding hydrogens is 416 g/mol. The third-order valence-corrected chi connectivity index (χ3v) is 5.14. The van der Waals surface area contributed by atoms with E-state index in [0.29, 0.717) is 29.6 Å². The van der Waals surface area contributed by atoms with Gasteiger partial charge in [-0.1, -0.05) is 23.7 Å². The zero-order chi connectivity index (χ0) is 22.2. The summed E-state index contributed by atoms with van der Waals surface area (Å²) in [5, 5.41) is 9.43. The standard InChI is InChI=1S/C23H27ClN4O3/c1-15-12-19(24)9-10-21(15)27-23(26-14-20-4-3-11-31-20)28-22(30)18-7-5-17(6-8-18)13-25-16(2)29/h5-10,12,20H,3-4,11,13-14H2,1-2H3,(H,25,29)(H2,26,27,28,30)/t20-/m0/s1. The van der Waals surface area contributed by atoms with Gasteiger partial charge in [-0.15, -0.1) is 0 Å². The maximum absolute atomic E-state index is 12.8. The first-order valence-electron chi connectivity index (χ1n) is 10.2. The summed E-state index contributed by atoms with van der Waals surface area (Å²) in [4.78, 5) is 28.4. The molecule has 1 fully saturated rings. The molecule has 1 aliphatic heterocycles. The number of hydrogen-bond acceptors (Lipinski definition) is 4. The molecule has 8 heteroatoms. The smallest absolute Gasteiger partial charge is 0.257 e. The van der Waals surface area contributed by atoms with Crippen molar-refractivity contribution in [2.75, 3.05) is 18.5 Å². The normalized spacial score (nSPS) is 16.1. The second kappa shape index (κ2) is 10.9. The monoisotopic (exact) mass is 442 g/mol. The molecule has 0 radical (unpaired) electrons. The van der Waals surface area contributed by atoms with Crippen LogP contribution in [0.15, 0.2) is 47.5 Å². The molecule has 3 N–H and O–H groups in total. The molecule has 0 aliphatic carbocycles. The molecule has 0 unspecified atom stereocenters. The van der Waals surface area contributed by atoms with E-state index in [1.807, 2.05) is 31.2 Å². The first kappa shape index (κ1) is 22.8. The Morgan fingerprint density at radius 2 is 1.97 bits per heavy atom. The maximum atomic E-state index is 12.8. The molecule has 2 aromatic carbocycles. The van der Waals surface area contributed by atoms with Crippen LogP contribution in [-0.4, -0.2) is 37.0 Å². The van der Waals surface area contributed by atoms with Gasteiger partial charge in [0.05, 0.1) is 12.6 Å². The lowest BCUT2D eigenvalue weighted by atomic mass is 10.1. The Labute approximate surface area is 187 Å². The van der Waals surface area contributed by atoms with Gasteiger partial charge >= 0.3 is 0 Å². The predicted molar refractivity (Wildman–Crippen MR) is 123 cm³/mol. The first-order valence-corrected chi connectivity index (χ1v) is 10.6. The zero-order valence-electron chi connectivity index (χ0n) is 17.7. The van der Waals surface area contributed by atoms with Crippen molar-refractivity contribution >= 4 is 35.1 Å². The summed E-state index contributed by atoms with van der Waals surface area (Å²) in [6.07, 6.45) is 2.05. The van der Waals surface area contributed by atoms with Gasteiger partial charge in [0.25, 0.3) is 5.91 Å². The minimum Gasteiger partial charge on any atom is -0.376 e. The quantitative estimate of drug-likeness (QED) is 0.470. The average Bonchev–Trinajstić information content (AvgIpc) is 3.26. The van der Waals surface area contributed by atoms with E-state index in [1.54, 1.807) is 18.2 Å². The number of rotatable bonds is 6. The van der Waals surface area contributed by atoms with Crippen LogP contribution in [0.3, 0.4) is 0 Å². The summed E-state index contributed by atoms with van der Waals surface area (Å²) in [5.41, 5.74) is 3.15. The van der Waals surface area contributed by atoms with Gasteiger partial charge in [-0.05, 0) is 61.2 Å². The van der Waals surface area contributed by atoms with E-state index in [4.69, 9.17) is 16.3 Å². The number of aryl methyl sites for hydroxylation is 1. The van der Waals surface area contributed by atoms with Crippen molar-refractivity contribution < 1.29 is 14.3 Å². The number of nitrogens with zero attached hydrogens (tertiary/aromatic N) is 1. The van der Waals surface area contributed by atoms with Crippen molar-refractivity contribution in [3.63, 3.8) is 0 Å². The van der Waals surface area contributed by atoms with Crippen LogP contribution in [-0.2, 0) is 16.1 Å². The van der Waals surface area contributed by atoms with E-state index in [9.17, 15) is 9.59 Å². The second-order valence-electron chi connectivity index (χ2n) is 7.47. The third kappa shape index (κ3) is 7.08. The lowest BCUT2D eigenvalue weighted by Crippen LogP contribution is -2.37. The summed E-state index contributed by atoms with van der Waals surface area (Å²) in [6, 6.07) is 12.5. The highest BCUT2D eigenvalue weighted by Crippen LogP contribution is 2.20. The molecule has 1 heterocycles. The summed E-state index contributed by atoms with van der Waals surface area (Å²) >= 11 is 6.05. The van der Waals surface area contributed by atoms with Gasteiger partial charge in [0.1, 0.15) is 0 Å². The van der Waals surface area contributed by atoms with E-state index in [-0.39, 0.29) is 17.9 Å². The number of anilines is 1. The van der Waals surface area contributed by atoms with Crippen molar-refractivity contribution in [1.82, 2.24) is 10.6 Å². The topological polar surface area (TPSA) is 91.8 Å². The highest BCUT2D eigenvalue weighted by molar-refractivity contribution is 6.30. The molecular formula is C23H27ClN4O3. The number of carbonyl (C=O) groups is 2. The number of hydrogen-bond donors (Lipinski definition) is 3. The number of amides is 2. The molecule has 1 atom stereocenters. The highest BCUT2D eigenvalue weighted by atomic mass is 35.5. The Balaban J connectivity index is 1.71. The van der Waals surface area contributed by atoms with E-state index in [2.05, 4.69) is 20.9 Å². The van der Waals surface area contributed by atoms with Gasteiger partial charge in [0, 0.05) is 36.3 Å². The average molecular weight is 443 g/mol. The van der Waals surface area contributed by atoms with Crippen molar-refractivity contribution in [2.24, 2.45) is 4.99 Å². The number of halogens is 1. The van der Waals surface area contributed by atoms with E-state index in [0.717, 1.165) is 36.3 Å². The van der Waals surface area contributed by atoms with E-state index < -0.39 is 0 Å². The van der Waals surface area contributed by atoms with Crippen molar-refractivity contribution in [3.05, 3.63) is 64.2 Å². The van der Waals surface area contributed by atoms with Crippen LogP contribution in [0, 0.1) is 6.92 Å². The lowest BCUT2D eigenvalue weighted by Gasteiger charge is -2.15. The molecule has 0 bridgehead atoms. The summed E-state index contributed by atoms with van der Waals surface area (Å²) in [5.74, 6) is -0.0259.